The largest absolute Gasteiger partial charge is 0.365 e. The summed E-state index contributed by atoms with van der Waals surface area (Å²) in [6.45, 7) is 0. The van der Waals surface area contributed by atoms with E-state index in [1.54, 1.807) is 7.11 Å². The maximum absolute atomic E-state index is 9.79. The fraction of sp³-hybridized carbons (Fsp3) is 1.00. The van der Waals surface area contributed by atoms with Gasteiger partial charge in [-0.1, -0.05) is 19.3 Å². The van der Waals surface area contributed by atoms with Crippen molar-refractivity contribution in [2.24, 2.45) is 5.41 Å². The molecule has 1 unspecified atom stereocenters. The van der Waals surface area contributed by atoms with Crippen LogP contribution < -0.4 is 0 Å². The number of ether oxygens (including phenoxy) is 1. The maximum Gasteiger partial charge on any atom is 0.171 e. The van der Waals surface area contributed by atoms with Crippen LogP contribution in [-0.2, 0) is 4.74 Å². The third-order valence-electron chi connectivity index (χ3n) is 3.43. The molecule has 1 N–H and O–H groups in total. The molecule has 2 rings (SSSR count). The van der Waals surface area contributed by atoms with Gasteiger partial charge in [-0.15, -0.1) is 0 Å². The molecule has 0 bridgehead atoms. The molecule has 2 heteroatoms. The molecule has 0 amide bonds. The van der Waals surface area contributed by atoms with Gasteiger partial charge in [-0.05, 0) is 12.8 Å². The Morgan fingerprint density at radius 3 is 2.27 bits per heavy atom. The molecule has 0 aromatic heterocycles. The minimum absolute atomic E-state index is 0.167. The van der Waals surface area contributed by atoms with Gasteiger partial charge in [0.05, 0.1) is 0 Å². The van der Waals surface area contributed by atoms with E-state index < -0.39 is 5.79 Å². The molecular weight excluding hydrogens is 140 g/mol. The Balaban J connectivity index is 2.03. The van der Waals surface area contributed by atoms with Crippen molar-refractivity contribution in [3.8, 4) is 0 Å². The molecule has 1 atom stereocenters. The van der Waals surface area contributed by atoms with Crippen LogP contribution in [0.4, 0.5) is 0 Å². The zero-order valence-electron chi connectivity index (χ0n) is 7.10. The summed E-state index contributed by atoms with van der Waals surface area (Å²) in [4.78, 5) is 0. The minimum Gasteiger partial charge on any atom is -0.365 e. The highest BCUT2D eigenvalue weighted by Gasteiger charge is 2.67. The first-order valence-corrected chi connectivity index (χ1v) is 4.50. The fourth-order valence-electron chi connectivity index (χ4n) is 2.50. The summed E-state index contributed by atoms with van der Waals surface area (Å²) in [6, 6.07) is 0. The third-order valence-corrected chi connectivity index (χ3v) is 3.43. The Hall–Kier alpha value is -0.0800. The molecule has 2 fully saturated rings. The van der Waals surface area contributed by atoms with Crippen LogP contribution in [0.3, 0.4) is 0 Å². The lowest BCUT2D eigenvalue weighted by Gasteiger charge is -2.24. The summed E-state index contributed by atoms with van der Waals surface area (Å²) < 4.78 is 5.10. The van der Waals surface area contributed by atoms with E-state index in [2.05, 4.69) is 0 Å². The molecule has 2 nitrogen and oxygen atoms in total. The Morgan fingerprint density at radius 2 is 1.82 bits per heavy atom. The van der Waals surface area contributed by atoms with E-state index in [4.69, 9.17) is 4.74 Å². The number of rotatable bonds is 1. The normalized spacial score (nSPS) is 40.9. The summed E-state index contributed by atoms with van der Waals surface area (Å²) in [5.74, 6) is -0.743. The molecule has 1 spiro atoms. The maximum atomic E-state index is 9.79. The topological polar surface area (TPSA) is 29.5 Å². The number of hydrogen-bond donors (Lipinski definition) is 1. The minimum atomic E-state index is -0.743. The molecule has 64 valence electrons. The second kappa shape index (κ2) is 2.20. The second-order valence-corrected chi connectivity index (χ2v) is 4.01. The number of aliphatic hydroxyl groups is 1. The zero-order valence-corrected chi connectivity index (χ0v) is 7.10. The van der Waals surface area contributed by atoms with E-state index >= 15 is 0 Å². The monoisotopic (exact) mass is 156 g/mol. The van der Waals surface area contributed by atoms with Crippen LogP contribution in [0.2, 0.25) is 0 Å². The van der Waals surface area contributed by atoms with Gasteiger partial charge in [0.2, 0.25) is 0 Å². The summed E-state index contributed by atoms with van der Waals surface area (Å²) in [5, 5.41) is 9.79. The summed E-state index contributed by atoms with van der Waals surface area (Å²) in [5.41, 5.74) is 0.167. The standard InChI is InChI=1S/C9H16O2/c1-11-9(10)7-8(9)5-3-2-4-6-8/h10H,2-7H2,1H3. The van der Waals surface area contributed by atoms with E-state index in [1.807, 2.05) is 0 Å². The van der Waals surface area contributed by atoms with Crippen LogP contribution in [0.15, 0.2) is 0 Å². The lowest BCUT2D eigenvalue weighted by molar-refractivity contribution is -0.137. The van der Waals surface area contributed by atoms with Crippen LogP contribution in [-0.4, -0.2) is 18.0 Å². The van der Waals surface area contributed by atoms with Crippen LogP contribution in [0.1, 0.15) is 38.5 Å². The summed E-state index contributed by atoms with van der Waals surface area (Å²) in [6.07, 6.45) is 7.07. The van der Waals surface area contributed by atoms with Crippen LogP contribution in [0, 0.1) is 5.41 Å². The molecule has 2 aliphatic rings. The van der Waals surface area contributed by atoms with Crippen LogP contribution in [0.25, 0.3) is 0 Å². The zero-order chi connectivity index (χ0) is 7.95. The molecule has 0 aliphatic heterocycles. The van der Waals surface area contributed by atoms with Gasteiger partial charge in [0.25, 0.3) is 0 Å². The number of hydrogen-bond acceptors (Lipinski definition) is 2. The molecule has 0 radical (unpaired) electrons. The van der Waals surface area contributed by atoms with Gasteiger partial charge in [0, 0.05) is 18.9 Å². The van der Waals surface area contributed by atoms with Crippen molar-refractivity contribution in [3.63, 3.8) is 0 Å². The third kappa shape index (κ3) is 0.926. The SMILES string of the molecule is COC1(O)CC12CCCCC2. The second-order valence-electron chi connectivity index (χ2n) is 4.01. The molecule has 11 heavy (non-hydrogen) atoms. The fourth-order valence-corrected chi connectivity index (χ4v) is 2.50. The Bertz CT molecular complexity index is 155. The smallest absolute Gasteiger partial charge is 0.171 e. The lowest BCUT2D eigenvalue weighted by Crippen LogP contribution is -2.24. The first-order valence-electron chi connectivity index (χ1n) is 4.50. The van der Waals surface area contributed by atoms with Gasteiger partial charge >= 0.3 is 0 Å². The van der Waals surface area contributed by atoms with Gasteiger partial charge < -0.3 is 9.84 Å². The highest BCUT2D eigenvalue weighted by atomic mass is 16.6. The predicted molar refractivity (Wildman–Crippen MR) is 42.1 cm³/mol. The first kappa shape index (κ1) is 7.56. The molecule has 0 aromatic rings. The average Bonchev–Trinajstić information content (AvgIpc) is 2.59. The van der Waals surface area contributed by atoms with Crippen LogP contribution >= 0.6 is 0 Å². The molecular formula is C9H16O2. The van der Waals surface area contributed by atoms with Gasteiger partial charge in [-0.25, -0.2) is 0 Å². The predicted octanol–water partition coefficient (Wildman–Crippen LogP) is 1.68. The Morgan fingerprint density at radius 1 is 1.18 bits per heavy atom. The first-order chi connectivity index (χ1) is 5.22. The van der Waals surface area contributed by atoms with Gasteiger partial charge in [-0.2, -0.15) is 0 Å². The van der Waals surface area contributed by atoms with Gasteiger partial charge in [0.1, 0.15) is 0 Å². The van der Waals surface area contributed by atoms with Crippen molar-refractivity contribution >= 4 is 0 Å². The van der Waals surface area contributed by atoms with E-state index in [9.17, 15) is 5.11 Å². The molecule has 0 saturated heterocycles. The van der Waals surface area contributed by atoms with Crippen LogP contribution in [0.5, 0.6) is 0 Å². The van der Waals surface area contributed by atoms with Crippen molar-refractivity contribution < 1.29 is 9.84 Å². The Labute approximate surface area is 67.6 Å². The lowest BCUT2D eigenvalue weighted by atomic mass is 9.85. The van der Waals surface area contributed by atoms with Crippen molar-refractivity contribution in [1.29, 1.82) is 0 Å². The van der Waals surface area contributed by atoms with E-state index in [0.29, 0.717) is 0 Å². The van der Waals surface area contributed by atoms with Gasteiger partial charge in [-0.3, -0.25) is 0 Å². The highest BCUT2D eigenvalue weighted by molar-refractivity contribution is 5.10. The quantitative estimate of drug-likeness (QED) is 0.585. The molecule has 2 aliphatic carbocycles. The van der Waals surface area contributed by atoms with E-state index in [0.717, 1.165) is 19.3 Å². The van der Waals surface area contributed by atoms with Gasteiger partial charge in [0.15, 0.2) is 5.79 Å². The summed E-state index contributed by atoms with van der Waals surface area (Å²) in [7, 11) is 1.61. The highest BCUT2D eigenvalue weighted by Crippen LogP contribution is 2.64. The average molecular weight is 156 g/mol. The number of methoxy groups -OCH3 is 1. The molecule has 2 saturated carbocycles. The van der Waals surface area contributed by atoms with Crippen molar-refractivity contribution in [1.82, 2.24) is 0 Å². The van der Waals surface area contributed by atoms with E-state index in [1.165, 1.54) is 19.3 Å². The summed E-state index contributed by atoms with van der Waals surface area (Å²) >= 11 is 0. The van der Waals surface area contributed by atoms with Crippen molar-refractivity contribution in [2.45, 2.75) is 44.3 Å². The Kier molecular flexibility index (Phi) is 1.52. The van der Waals surface area contributed by atoms with Crippen molar-refractivity contribution in [3.05, 3.63) is 0 Å². The van der Waals surface area contributed by atoms with E-state index in [-0.39, 0.29) is 5.41 Å². The van der Waals surface area contributed by atoms with Crippen molar-refractivity contribution in [2.75, 3.05) is 7.11 Å². The molecule has 0 heterocycles. The molecule has 0 aromatic carbocycles.